The van der Waals surface area contributed by atoms with Crippen LogP contribution in [-0.4, -0.2) is 19.4 Å². The third-order valence-corrected chi connectivity index (χ3v) is 3.64. The van der Waals surface area contributed by atoms with Gasteiger partial charge in [0.1, 0.15) is 5.75 Å². The molecule has 0 saturated carbocycles. The van der Waals surface area contributed by atoms with Crippen molar-refractivity contribution in [2.45, 2.75) is 12.8 Å². The molecule has 0 aliphatic carbocycles. The Labute approximate surface area is 118 Å². The van der Waals surface area contributed by atoms with Gasteiger partial charge in [-0.05, 0) is 47.9 Å². The molecule has 2 aromatic rings. The molecule has 2 aromatic carbocycles. The number of rotatable bonds is 4. The zero-order chi connectivity index (χ0) is 13.9. The van der Waals surface area contributed by atoms with Gasteiger partial charge >= 0.3 is 0 Å². The zero-order valence-electron chi connectivity index (χ0n) is 11.5. The molecule has 1 aliphatic rings. The molecule has 0 radical (unpaired) electrons. The molecule has 0 aromatic heterocycles. The van der Waals surface area contributed by atoms with Gasteiger partial charge in [0.15, 0.2) is 5.78 Å². The van der Waals surface area contributed by atoms with Gasteiger partial charge in [0.25, 0.3) is 0 Å². The summed E-state index contributed by atoms with van der Waals surface area (Å²) in [4.78, 5) is 12.4. The van der Waals surface area contributed by atoms with E-state index in [9.17, 15) is 4.79 Å². The second-order valence-corrected chi connectivity index (χ2v) is 5.00. The normalized spacial score (nSPS) is 12.7. The Balaban J connectivity index is 1.79. The molecule has 1 N–H and O–H groups in total. The van der Waals surface area contributed by atoms with E-state index in [1.807, 2.05) is 42.5 Å². The second-order valence-electron chi connectivity index (χ2n) is 5.00. The minimum Gasteiger partial charge on any atom is -0.497 e. The highest BCUT2D eigenvalue weighted by molar-refractivity contribution is 5.98. The zero-order valence-corrected chi connectivity index (χ0v) is 11.5. The number of anilines is 1. The van der Waals surface area contributed by atoms with E-state index in [0.29, 0.717) is 6.42 Å². The Bertz CT molecular complexity index is 649. The monoisotopic (exact) mass is 267 g/mol. The summed E-state index contributed by atoms with van der Waals surface area (Å²) in [6.07, 6.45) is 1.40. The third kappa shape index (κ3) is 2.52. The first kappa shape index (κ1) is 12.7. The standard InChI is InChI=1S/C17H17NO2/c1-20-15-4-2-3-12(9-15)10-17(19)14-5-6-16-13(11-14)7-8-18-16/h2-6,9,11,18H,7-8,10H2,1H3. The van der Waals surface area contributed by atoms with Crippen molar-refractivity contribution in [3.8, 4) is 5.75 Å². The van der Waals surface area contributed by atoms with Gasteiger partial charge in [-0.3, -0.25) is 4.79 Å². The molecular weight excluding hydrogens is 250 g/mol. The average Bonchev–Trinajstić information content (AvgIpc) is 2.94. The molecule has 102 valence electrons. The van der Waals surface area contributed by atoms with Crippen LogP contribution in [0.4, 0.5) is 5.69 Å². The van der Waals surface area contributed by atoms with Crippen LogP contribution in [0.15, 0.2) is 42.5 Å². The van der Waals surface area contributed by atoms with E-state index in [-0.39, 0.29) is 5.78 Å². The fourth-order valence-electron chi connectivity index (χ4n) is 2.55. The molecule has 20 heavy (non-hydrogen) atoms. The second kappa shape index (κ2) is 5.37. The lowest BCUT2D eigenvalue weighted by Gasteiger charge is -2.06. The van der Waals surface area contributed by atoms with E-state index in [2.05, 4.69) is 5.32 Å². The van der Waals surface area contributed by atoms with Crippen LogP contribution < -0.4 is 10.1 Å². The Hall–Kier alpha value is -2.29. The van der Waals surface area contributed by atoms with E-state index in [0.717, 1.165) is 35.5 Å². The van der Waals surface area contributed by atoms with Crippen molar-refractivity contribution in [3.63, 3.8) is 0 Å². The van der Waals surface area contributed by atoms with Crippen molar-refractivity contribution >= 4 is 11.5 Å². The van der Waals surface area contributed by atoms with Gasteiger partial charge in [-0.1, -0.05) is 12.1 Å². The fourth-order valence-corrected chi connectivity index (χ4v) is 2.55. The lowest BCUT2D eigenvalue weighted by atomic mass is 10.00. The summed E-state index contributed by atoms with van der Waals surface area (Å²) in [6, 6.07) is 13.6. The number of fused-ring (bicyclic) bond motifs is 1. The van der Waals surface area contributed by atoms with Gasteiger partial charge in [-0.15, -0.1) is 0 Å². The van der Waals surface area contributed by atoms with Crippen LogP contribution in [0, 0.1) is 0 Å². The predicted octanol–water partition coefficient (Wildman–Crippen LogP) is 3.09. The quantitative estimate of drug-likeness (QED) is 0.865. The molecule has 3 nitrogen and oxygen atoms in total. The Morgan fingerprint density at radius 2 is 2.15 bits per heavy atom. The summed E-state index contributed by atoms with van der Waals surface area (Å²) in [7, 11) is 1.63. The first-order valence-corrected chi connectivity index (χ1v) is 6.79. The van der Waals surface area contributed by atoms with Crippen LogP contribution in [0.25, 0.3) is 0 Å². The maximum absolute atomic E-state index is 12.4. The first-order chi connectivity index (χ1) is 9.76. The van der Waals surface area contributed by atoms with Gasteiger partial charge < -0.3 is 10.1 Å². The number of ketones is 1. The molecule has 0 fully saturated rings. The van der Waals surface area contributed by atoms with Gasteiger partial charge in [0.2, 0.25) is 0 Å². The fraction of sp³-hybridized carbons (Fsp3) is 0.235. The molecule has 0 unspecified atom stereocenters. The van der Waals surface area contributed by atoms with Crippen LogP contribution in [0.5, 0.6) is 5.75 Å². The summed E-state index contributed by atoms with van der Waals surface area (Å²) in [5.41, 5.74) is 4.16. The molecule has 3 heteroatoms. The van der Waals surface area contributed by atoms with E-state index >= 15 is 0 Å². The number of carbonyl (C=O) groups is 1. The van der Waals surface area contributed by atoms with Crippen LogP contribution in [-0.2, 0) is 12.8 Å². The minimum atomic E-state index is 0.146. The number of hydrogen-bond donors (Lipinski definition) is 1. The van der Waals surface area contributed by atoms with Crippen molar-refractivity contribution in [1.29, 1.82) is 0 Å². The SMILES string of the molecule is COc1cccc(CC(=O)c2ccc3c(c2)CCN3)c1. The molecule has 0 bridgehead atoms. The summed E-state index contributed by atoms with van der Waals surface area (Å²) in [5, 5.41) is 3.30. The number of ether oxygens (including phenoxy) is 1. The number of benzene rings is 2. The number of methoxy groups -OCH3 is 1. The first-order valence-electron chi connectivity index (χ1n) is 6.79. The van der Waals surface area contributed by atoms with Gasteiger partial charge in [-0.2, -0.15) is 0 Å². The molecular formula is C17H17NO2. The molecule has 0 spiro atoms. The average molecular weight is 267 g/mol. The summed E-state index contributed by atoms with van der Waals surface area (Å²) in [5.74, 6) is 0.932. The highest BCUT2D eigenvalue weighted by Gasteiger charge is 2.14. The van der Waals surface area contributed by atoms with Gasteiger partial charge in [0.05, 0.1) is 7.11 Å². The number of carbonyl (C=O) groups excluding carboxylic acids is 1. The van der Waals surface area contributed by atoms with Crippen LogP contribution in [0.3, 0.4) is 0 Å². The highest BCUT2D eigenvalue weighted by Crippen LogP contribution is 2.24. The minimum absolute atomic E-state index is 0.146. The molecule has 0 saturated heterocycles. The van der Waals surface area contributed by atoms with E-state index < -0.39 is 0 Å². The van der Waals surface area contributed by atoms with Crippen LogP contribution >= 0.6 is 0 Å². The van der Waals surface area contributed by atoms with Crippen molar-refractivity contribution < 1.29 is 9.53 Å². The predicted molar refractivity (Wildman–Crippen MR) is 79.7 cm³/mol. The smallest absolute Gasteiger partial charge is 0.167 e. The number of nitrogens with one attached hydrogen (secondary N) is 1. The number of hydrogen-bond acceptors (Lipinski definition) is 3. The Kier molecular flexibility index (Phi) is 3.42. The third-order valence-electron chi connectivity index (χ3n) is 3.64. The lowest BCUT2D eigenvalue weighted by molar-refractivity contribution is 0.0993. The lowest BCUT2D eigenvalue weighted by Crippen LogP contribution is -2.04. The topological polar surface area (TPSA) is 38.3 Å². The maximum Gasteiger partial charge on any atom is 0.167 e. The maximum atomic E-state index is 12.4. The molecule has 1 heterocycles. The van der Waals surface area contributed by atoms with Crippen molar-refractivity contribution in [2.75, 3.05) is 19.0 Å². The van der Waals surface area contributed by atoms with Crippen molar-refractivity contribution in [2.24, 2.45) is 0 Å². The van der Waals surface area contributed by atoms with Gasteiger partial charge in [0, 0.05) is 24.2 Å². The van der Waals surface area contributed by atoms with Crippen molar-refractivity contribution in [1.82, 2.24) is 0 Å². The van der Waals surface area contributed by atoms with E-state index in [1.54, 1.807) is 7.11 Å². The Morgan fingerprint density at radius 1 is 1.25 bits per heavy atom. The molecule has 1 aliphatic heterocycles. The van der Waals surface area contributed by atoms with E-state index in [1.165, 1.54) is 5.56 Å². The molecule has 3 rings (SSSR count). The van der Waals surface area contributed by atoms with E-state index in [4.69, 9.17) is 4.74 Å². The van der Waals surface area contributed by atoms with Crippen LogP contribution in [0.1, 0.15) is 21.5 Å². The van der Waals surface area contributed by atoms with Crippen LogP contribution in [0.2, 0.25) is 0 Å². The van der Waals surface area contributed by atoms with Crippen molar-refractivity contribution in [3.05, 3.63) is 59.2 Å². The molecule has 0 amide bonds. The summed E-state index contributed by atoms with van der Waals surface area (Å²) < 4.78 is 5.18. The summed E-state index contributed by atoms with van der Waals surface area (Å²) >= 11 is 0. The van der Waals surface area contributed by atoms with Gasteiger partial charge in [-0.25, -0.2) is 0 Å². The largest absolute Gasteiger partial charge is 0.497 e. The Morgan fingerprint density at radius 3 is 3.00 bits per heavy atom. The highest BCUT2D eigenvalue weighted by atomic mass is 16.5. The summed E-state index contributed by atoms with van der Waals surface area (Å²) in [6.45, 7) is 0.961. The number of Topliss-reactive ketones (excluding diaryl/α,β-unsaturated/α-hetero) is 1. The molecule has 0 atom stereocenters.